The van der Waals surface area contributed by atoms with Gasteiger partial charge in [-0.3, -0.25) is 25.2 Å². The number of oxime groups is 2. The number of furan rings is 5. The van der Waals surface area contributed by atoms with Crippen molar-refractivity contribution in [3.8, 4) is 91.6 Å². The molecule has 0 aliphatic rings. The molecule has 0 aliphatic heterocycles. The van der Waals surface area contributed by atoms with Crippen LogP contribution in [0.2, 0.25) is 0 Å². The van der Waals surface area contributed by atoms with Crippen LogP contribution in [0.1, 0.15) is 63.3 Å². The Morgan fingerprint density at radius 1 is 0.481 bits per heavy atom. The second kappa shape index (κ2) is 54.5. The van der Waals surface area contributed by atoms with Crippen molar-refractivity contribution >= 4 is 133 Å². The summed E-state index contributed by atoms with van der Waals surface area (Å²) >= 11 is 3.06. The number of nitrogen functional groups attached to an aromatic ring is 4. The van der Waals surface area contributed by atoms with Crippen LogP contribution in [0.4, 0.5) is 29.0 Å². The van der Waals surface area contributed by atoms with E-state index < -0.39 is 7.12 Å². The van der Waals surface area contributed by atoms with Gasteiger partial charge in [0.05, 0.1) is 87.5 Å². The number of amidine groups is 4. The van der Waals surface area contributed by atoms with Crippen molar-refractivity contribution in [2.45, 2.75) is 7.43 Å². The Morgan fingerprint density at radius 3 is 1.26 bits per heavy atom. The molecular formula is C91H77BBrN22Na2O15Pd-. The number of halogens is 1. The number of nitrogens with two attached hydrogens (primary N) is 7. The molecule has 0 aliphatic carbocycles. The number of hydrogen-bond donors (Lipinski definition) is 17. The normalized spacial score (nSPS) is 9.87. The first-order valence-electron chi connectivity index (χ1n) is 36.6. The average Bonchev–Trinajstić information content (AvgIpc) is 1.63. The number of H-pyrrole nitrogens is 3. The third-order valence-electron chi connectivity index (χ3n) is 17.4. The predicted molar refractivity (Wildman–Crippen MR) is 493 cm³/mol. The number of anilines is 2. The van der Waals surface area contributed by atoms with E-state index in [2.05, 4.69) is 87.5 Å². The van der Waals surface area contributed by atoms with Crippen molar-refractivity contribution < 1.29 is 153 Å². The van der Waals surface area contributed by atoms with Crippen LogP contribution in [-0.4, -0.2) is 105 Å². The number of benzene rings is 9. The van der Waals surface area contributed by atoms with Gasteiger partial charge in [0.2, 0.25) is 5.84 Å². The maximum atomic E-state index is 10.6. The minimum Gasteiger partial charge on any atom is -1.00 e. The summed E-state index contributed by atoms with van der Waals surface area (Å²) in [5, 5.41) is 88.2. The van der Waals surface area contributed by atoms with E-state index in [9.17, 15) is 9.59 Å². The van der Waals surface area contributed by atoms with Gasteiger partial charge in [-0.15, -0.1) is 0 Å². The largest absolute Gasteiger partial charge is 1.00 e. The summed E-state index contributed by atoms with van der Waals surface area (Å²) in [6, 6.07) is 78.1. The number of hydrogen-bond acceptors (Lipinski definition) is 27. The Morgan fingerprint density at radius 2 is 0.857 bits per heavy atom. The van der Waals surface area contributed by atoms with Crippen molar-refractivity contribution in [1.29, 1.82) is 21.3 Å². The number of nitrogens with zero attached hydrogens (tertiary/aromatic N) is 10. The number of aromatic amines is 3. The summed E-state index contributed by atoms with van der Waals surface area (Å²) in [7, 11) is -1.50. The monoisotopic (exact) mass is 1960 g/mol. The molecule has 0 spiro atoms. The molecule has 42 heteroatoms. The molecule has 133 heavy (non-hydrogen) atoms. The third-order valence-corrected chi connectivity index (χ3v) is 17.8. The van der Waals surface area contributed by atoms with Crippen LogP contribution in [0.15, 0.2) is 292 Å². The van der Waals surface area contributed by atoms with E-state index in [0.29, 0.717) is 108 Å². The van der Waals surface area contributed by atoms with Crippen LogP contribution in [0.3, 0.4) is 0 Å². The van der Waals surface area contributed by atoms with Crippen molar-refractivity contribution in [3.05, 3.63) is 346 Å². The fourth-order valence-corrected chi connectivity index (χ4v) is 11.6. The fourth-order valence-electron chi connectivity index (χ4n) is 11.3. The summed E-state index contributed by atoms with van der Waals surface area (Å²) < 4.78 is 27.4. The summed E-state index contributed by atoms with van der Waals surface area (Å²) in [6.07, 6.45) is 1.44. The van der Waals surface area contributed by atoms with Gasteiger partial charge in [-0.05, 0) is 179 Å². The molecule has 24 N–H and O–H groups in total. The Kier molecular flexibility index (Phi) is 44.8. The maximum absolute atomic E-state index is 10.6. The van der Waals surface area contributed by atoms with Gasteiger partial charge < -0.3 is 116 Å². The Bertz CT molecular complexity index is 7120. The van der Waals surface area contributed by atoms with Crippen LogP contribution >= 0.6 is 15.9 Å². The predicted octanol–water partition coefficient (Wildman–Crippen LogP) is 9.43. The number of aromatic nitrogens is 6. The average molecular weight is 1960 g/mol. The number of carbonyl (C=O) groups excluding carboxylic acids is 3. The maximum Gasteiger partial charge on any atom is 1.00 e. The topological polar surface area (TPSA) is 652 Å². The van der Waals surface area contributed by atoms with Crippen LogP contribution in [-0.2, 0) is 30.1 Å². The zero-order valence-electron chi connectivity index (χ0n) is 70.6. The SMILES string of the molecule is C.N#Cc1ccc(N)c(N)c1.N/C(=N\O)c1ccc2nc(-c3cccc(-c4ccc(/C(N)=N/O)o4)c3)[nH]c2c1.N=C(N)c1ccc2nc(-c3cccc(-c4ccc(C(=N)N)o4)c3)[nH]c2c1.NO.O=CO[O-].O=Cc1cccc(B(O)O)c1.[C-]#[N+]c1ccc(-c2cccc(-c3nc4ccc(C#N)cc4[nH]3)c2)o1.[C-]#[N+]c1ccc(-c2cccc(C=O)c2)o1.[C-]#[N+]c1ccc(Br)o1.[CH3-].[H-].[Na+].[Na+].[Pd]. The van der Waals surface area contributed by atoms with Crippen LogP contribution in [0.25, 0.3) is 127 Å². The summed E-state index contributed by atoms with van der Waals surface area (Å²) in [4.78, 5) is 65.0. The first-order chi connectivity index (χ1) is 61.9. The van der Waals surface area contributed by atoms with Crippen LogP contribution in [0, 0.1) is 60.6 Å². The molecule has 37 nitrogen and oxygen atoms in total. The number of nitrogens with one attached hydrogen (secondary N) is 5. The minimum absolute atomic E-state index is 0. The molecule has 8 aromatic heterocycles. The quantitative estimate of drug-likeness (QED) is 0.00522. The number of rotatable bonds is 15. The smallest absolute Gasteiger partial charge is 1.00 e. The van der Waals surface area contributed by atoms with E-state index in [1.807, 2.05) is 103 Å². The van der Waals surface area contributed by atoms with Gasteiger partial charge in [0.25, 0.3) is 6.47 Å². The Labute approximate surface area is 826 Å². The van der Waals surface area contributed by atoms with E-state index in [0.717, 1.165) is 84.2 Å². The van der Waals surface area contributed by atoms with Crippen molar-refractivity contribution in [2.24, 2.45) is 39.1 Å². The van der Waals surface area contributed by atoms with E-state index in [1.54, 1.807) is 146 Å². The first kappa shape index (κ1) is 109. The number of fused-ring (bicyclic) bond motifs is 3. The van der Waals surface area contributed by atoms with E-state index >= 15 is 0 Å². The molecule has 0 unspecified atom stereocenters. The standard InChI is InChI=1S/C19H16N6O3.C19H16N6O.C19H10N4O.C12H7NO2.C7H7BO3.C7H7N3.C5H2BrNO.CH2O3.CH4.CH3.H3NO.2Na.Pd.H/c20-17(24-26)11-4-5-13-14(9-11)23-19(22-13)12-3-1-2-10(8-12)15-6-7-16(28-15)18(21)25-27;20-17(21)11-4-5-13-14(9-11)25-19(24-13)12-3-1-2-10(8-12)15-6-7-16(26-15)18(22)23;1-21-18-8-7-17(24-18)13-3-2-4-14(10-13)19-22-15-6-5-12(11-20)9-16(15)23-19;1-13-12-6-5-11(15-12)10-4-2-3-9(7-10)8-14;9-5-6-2-1-3-7(4-6)8(10)11;8-4-5-1-2-6(9)7(10)3-5;1-7-5-3-2-4(6)8-5;2-1-4-3;;;1-2;;;;/h1-9,26-27H,(H2,20,24)(H2,21,25)(H,22,23);1-9H,(H3,20,21)(H3,22,23)(H,24,25);2-10H,(H,22,23);2-8H;1-5,10-11H;1-3H,9-10H2;2-3H;1,3H;1H4;1H3;2H,1H2;;;;/q;;;;;;;;;-1;;2*+1;;-1/p-1. The van der Waals surface area contributed by atoms with E-state index in [4.69, 9.17) is 133 Å². The van der Waals surface area contributed by atoms with Gasteiger partial charge in [0.15, 0.2) is 27.9 Å². The summed E-state index contributed by atoms with van der Waals surface area (Å²) in [5.41, 5.74) is 48.5. The molecule has 0 saturated heterocycles. The van der Waals surface area contributed by atoms with Crippen molar-refractivity contribution in [2.75, 3.05) is 11.5 Å². The third kappa shape index (κ3) is 30.7. The van der Waals surface area contributed by atoms with Gasteiger partial charge in [-0.25, -0.2) is 20.8 Å². The second-order valence-electron chi connectivity index (χ2n) is 25.7. The fraction of sp³-hybridized carbons (Fsp3) is 0.0110. The van der Waals surface area contributed by atoms with Gasteiger partial charge in [-0.2, -0.15) is 25.1 Å². The molecule has 8 heterocycles. The number of aldehydes is 2. The van der Waals surface area contributed by atoms with Gasteiger partial charge in [0, 0.05) is 81.6 Å². The molecule has 9 aromatic carbocycles. The number of carbonyl (C=O) groups is 3. The first-order valence-corrected chi connectivity index (χ1v) is 37.3. The van der Waals surface area contributed by atoms with Gasteiger partial charge in [-0.1, -0.05) is 115 Å². The molecular weight excluding hydrogens is 1880 g/mol. The zero-order valence-corrected chi connectivity index (χ0v) is 76.7. The summed E-state index contributed by atoms with van der Waals surface area (Å²) in [6.45, 7) is 20.0. The molecule has 0 atom stereocenters. The van der Waals surface area contributed by atoms with Crippen LogP contribution in [0.5, 0.6) is 0 Å². The van der Waals surface area contributed by atoms with Crippen LogP contribution < -0.4 is 110 Å². The second-order valence-corrected chi connectivity index (χ2v) is 26.5. The Hall–Kier alpha value is -15.9. The van der Waals surface area contributed by atoms with E-state index in [-0.39, 0.29) is 143 Å². The Balaban J connectivity index is 0.000000410. The molecule has 17 aromatic rings. The van der Waals surface area contributed by atoms with Gasteiger partial charge >= 0.3 is 83.9 Å². The van der Waals surface area contributed by atoms with E-state index in [1.165, 1.54) is 12.1 Å². The summed E-state index contributed by atoms with van der Waals surface area (Å²) in [5.74, 6) is 9.35. The van der Waals surface area contributed by atoms with Crippen molar-refractivity contribution in [3.63, 3.8) is 0 Å². The molecule has 0 bridgehead atoms. The number of nitriles is 2. The molecule has 17 rings (SSSR count). The number of imidazole rings is 3. The minimum atomic E-state index is -1.50. The zero-order chi connectivity index (χ0) is 92.3. The molecule has 664 valence electrons. The molecule has 0 fully saturated rings. The van der Waals surface area contributed by atoms with Crippen molar-refractivity contribution in [1.82, 2.24) is 29.9 Å². The van der Waals surface area contributed by atoms with Gasteiger partial charge in [0.1, 0.15) is 58.9 Å². The molecule has 0 saturated carbocycles. The molecule has 0 radical (unpaired) electrons. The molecule has 0 amide bonds.